The van der Waals surface area contributed by atoms with Crippen molar-refractivity contribution in [2.75, 3.05) is 0 Å². The van der Waals surface area contributed by atoms with E-state index in [2.05, 4.69) is 4.98 Å². The first-order valence-electron chi connectivity index (χ1n) is 4.33. The fourth-order valence-electron chi connectivity index (χ4n) is 1.47. The fraction of sp³-hybridized carbons (Fsp3) is 0.100. The van der Waals surface area contributed by atoms with Crippen LogP contribution < -0.4 is 0 Å². The quantitative estimate of drug-likeness (QED) is 0.596. The molecule has 1 aromatic carbocycles. The Labute approximate surface area is 85.1 Å². The predicted octanol–water partition coefficient (Wildman–Crippen LogP) is 2.14. The number of fused-ring (bicyclic) bond motifs is 1. The average Bonchev–Trinajstić information content (AvgIpc) is 2.61. The third-order valence-electron chi connectivity index (χ3n) is 2.15. The Morgan fingerprint density at radius 2 is 2.27 bits per heavy atom. The second-order valence-corrected chi connectivity index (χ2v) is 3.17. The minimum Gasteiger partial charge on any atom is -0.358 e. The zero-order valence-corrected chi connectivity index (χ0v) is 7.73. The molecule has 5 heteroatoms. The molecule has 0 radical (unpaired) electrons. The zero-order chi connectivity index (χ0) is 10.8. The van der Waals surface area contributed by atoms with Crippen LogP contribution in [0.4, 0.5) is 5.82 Å². The van der Waals surface area contributed by atoms with Crippen molar-refractivity contribution in [2.45, 2.75) is 6.42 Å². The van der Waals surface area contributed by atoms with Gasteiger partial charge in [0.25, 0.3) is 0 Å². The van der Waals surface area contributed by atoms with E-state index in [9.17, 15) is 10.1 Å². The number of hydrogen-bond donors (Lipinski definition) is 1. The molecule has 15 heavy (non-hydrogen) atoms. The van der Waals surface area contributed by atoms with Gasteiger partial charge >= 0.3 is 5.82 Å². The van der Waals surface area contributed by atoms with Crippen LogP contribution in [-0.2, 0) is 6.42 Å². The maximum absolute atomic E-state index is 10.5. The minimum atomic E-state index is -0.468. The first-order valence-corrected chi connectivity index (χ1v) is 4.33. The van der Waals surface area contributed by atoms with Gasteiger partial charge in [0.2, 0.25) is 0 Å². The van der Waals surface area contributed by atoms with Gasteiger partial charge in [-0.3, -0.25) is 0 Å². The van der Waals surface area contributed by atoms with Gasteiger partial charge in [-0.1, -0.05) is 6.07 Å². The van der Waals surface area contributed by atoms with Crippen LogP contribution in [0.25, 0.3) is 10.9 Å². The van der Waals surface area contributed by atoms with Crippen LogP contribution in [-0.4, -0.2) is 9.91 Å². The largest absolute Gasteiger partial charge is 0.358 e. The molecule has 0 aliphatic rings. The summed E-state index contributed by atoms with van der Waals surface area (Å²) >= 11 is 0. The van der Waals surface area contributed by atoms with Crippen molar-refractivity contribution in [3.05, 3.63) is 39.9 Å². The lowest BCUT2D eigenvalue weighted by Gasteiger charge is -1.91. The fourth-order valence-corrected chi connectivity index (χ4v) is 1.47. The summed E-state index contributed by atoms with van der Waals surface area (Å²) in [6, 6.07) is 8.81. The van der Waals surface area contributed by atoms with Crippen LogP contribution >= 0.6 is 0 Å². The van der Waals surface area contributed by atoms with E-state index in [1.54, 1.807) is 18.2 Å². The number of rotatable bonds is 2. The summed E-state index contributed by atoms with van der Waals surface area (Å²) in [5.74, 6) is -0.0286. The van der Waals surface area contributed by atoms with E-state index in [1.807, 2.05) is 6.07 Å². The highest BCUT2D eigenvalue weighted by atomic mass is 16.6. The maximum atomic E-state index is 10.5. The van der Waals surface area contributed by atoms with Crippen molar-refractivity contribution >= 4 is 16.7 Å². The molecule has 0 saturated carbocycles. The Hall–Kier alpha value is -2.35. The van der Waals surface area contributed by atoms with E-state index >= 15 is 0 Å². The number of nitrogens with one attached hydrogen (secondary N) is 1. The van der Waals surface area contributed by atoms with Gasteiger partial charge in [0.15, 0.2) is 0 Å². The van der Waals surface area contributed by atoms with Crippen LogP contribution in [0, 0.1) is 21.4 Å². The Bertz CT molecular complexity index is 566. The Balaban J connectivity index is 2.53. The van der Waals surface area contributed by atoms with Crippen molar-refractivity contribution < 1.29 is 4.92 Å². The van der Waals surface area contributed by atoms with Gasteiger partial charge in [0.05, 0.1) is 12.5 Å². The zero-order valence-electron chi connectivity index (χ0n) is 7.73. The third-order valence-corrected chi connectivity index (χ3v) is 2.15. The van der Waals surface area contributed by atoms with E-state index in [-0.39, 0.29) is 5.82 Å². The first-order chi connectivity index (χ1) is 7.20. The summed E-state index contributed by atoms with van der Waals surface area (Å²) in [6.07, 6.45) is 0.314. The van der Waals surface area contributed by atoms with Crippen LogP contribution in [0.5, 0.6) is 0 Å². The van der Waals surface area contributed by atoms with Crippen molar-refractivity contribution in [2.24, 2.45) is 0 Å². The summed E-state index contributed by atoms with van der Waals surface area (Å²) < 4.78 is 0. The molecular weight excluding hydrogens is 194 g/mol. The van der Waals surface area contributed by atoms with Gasteiger partial charge in [-0.05, 0) is 22.6 Å². The van der Waals surface area contributed by atoms with E-state index in [0.717, 1.165) is 10.9 Å². The normalized spacial score (nSPS) is 10.1. The van der Waals surface area contributed by atoms with Gasteiger partial charge in [-0.2, -0.15) is 5.26 Å². The molecule has 0 unspecified atom stereocenters. The molecule has 0 saturated heterocycles. The van der Waals surface area contributed by atoms with Crippen LogP contribution in [0.1, 0.15) is 5.56 Å². The molecule has 0 bridgehead atoms. The molecule has 0 amide bonds. The summed E-state index contributed by atoms with van der Waals surface area (Å²) in [6.45, 7) is 0. The summed E-state index contributed by atoms with van der Waals surface area (Å²) in [5, 5.41) is 19.8. The highest BCUT2D eigenvalue weighted by Gasteiger charge is 2.09. The van der Waals surface area contributed by atoms with Crippen molar-refractivity contribution in [3.63, 3.8) is 0 Å². The molecule has 0 atom stereocenters. The Morgan fingerprint density at radius 1 is 1.47 bits per heavy atom. The molecule has 2 aromatic rings. The number of benzene rings is 1. The lowest BCUT2D eigenvalue weighted by atomic mass is 10.1. The van der Waals surface area contributed by atoms with E-state index in [0.29, 0.717) is 11.9 Å². The van der Waals surface area contributed by atoms with Crippen LogP contribution in [0.2, 0.25) is 0 Å². The van der Waals surface area contributed by atoms with Gasteiger partial charge in [0, 0.05) is 11.5 Å². The smallest absolute Gasteiger partial charge is 0.321 e. The molecule has 2 rings (SSSR count). The highest BCUT2D eigenvalue weighted by molar-refractivity contribution is 5.83. The molecule has 1 heterocycles. The van der Waals surface area contributed by atoms with Gasteiger partial charge < -0.3 is 10.1 Å². The number of nitriles is 1. The van der Waals surface area contributed by atoms with Crippen molar-refractivity contribution in [1.82, 2.24) is 4.98 Å². The van der Waals surface area contributed by atoms with Gasteiger partial charge in [0.1, 0.15) is 5.52 Å². The van der Waals surface area contributed by atoms with Crippen LogP contribution in [0.3, 0.4) is 0 Å². The van der Waals surface area contributed by atoms with E-state index in [4.69, 9.17) is 5.26 Å². The Morgan fingerprint density at radius 3 is 2.93 bits per heavy atom. The monoisotopic (exact) mass is 201 g/mol. The standard InChI is InChI=1S/C10H7N3O2/c11-4-3-7-1-2-9-8(5-7)6-10(12-9)13(14)15/h1-2,5-6,12H,3H2. The first kappa shape index (κ1) is 9.21. The number of aromatic amines is 1. The molecule has 5 nitrogen and oxygen atoms in total. The SMILES string of the molecule is N#CCc1ccc2[nH]c([N+](=O)[O-])cc2c1. The molecule has 0 spiro atoms. The summed E-state index contributed by atoms with van der Waals surface area (Å²) in [7, 11) is 0. The van der Waals surface area contributed by atoms with Crippen LogP contribution in [0.15, 0.2) is 24.3 Å². The number of aromatic nitrogens is 1. The highest BCUT2D eigenvalue weighted by Crippen LogP contribution is 2.21. The third kappa shape index (κ3) is 1.65. The Kier molecular flexibility index (Phi) is 2.10. The molecule has 0 aliphatic heterocycles. The topological polar surface area (TPSA) is 82.7 Å². The molecular formula is C10H7N3O2. The van der Waals surface area contributed by atoms with Crippen molar-refractivity contribution in [3.8, 4) is 6.07 Å². The van der Waals surface area contributed by atoms with Gasteiger partial charge in [-0.15, -0.1) is 0 Å². The molecule has 1 aromatic heterocycles. The molecule has 0 aliphatic carbocycles. The minimum absolute atomic E-state index is 0.0286. The average molecular weight is 201 g/mol. The van der Waals surface area contributed by atoms with Gasteiger partial charge in [-0.25, -0.2) is 4.98 Å². The second-order valence-electron chi connectivity index (χ2n) is 3.17. The number of nitrogens with zero attached hydrogens (tertiary/aromatic N) is 2. The summed E-state index contributed by atoms with van der Waals surface area (Å²) in [4.78, 5) is 12.7. The second kappa shape index (κ2) is 3.42. The molecule has 1 N–H and O–H groups in total. The van der Waals surface area contributed by atoms with Crippen molar-refractivity contribution in [1.29, 1.82) is 5.26 Å². The van der Waals surface area contributed by atoms with E-state index in [1.165, 1.54) is 6.07 Å². The number of H-pyrrole nitrogens is 1. The van der Waals surface area contributed by atoms with E-state index < -0.39 is 4.92 Å². The lowest BCUT2D eigenvalue weighted by molar-refractivity contribution is -0.389. The maximum Gasteiger partial charge on any atom is 0.321 e. The lowest BCUT2D eigenvalue weighted by Crippen LogP contribution is -1.85. The molecule has 74 valence electrons. The number of nitro groups is 1. The predicted molar refractivity (Wildman–Crippen MR) is 54.3 cm³/mol. The number of hydrogen-bond acceptors (Lipinski definition) is 3. The molecule has 0 fully saturated rings. The summed E-state index contributed by atoms with van der Waals surface area (Å²) in [5.41, 5.74) is 1.57.